The Balaban J connectivity index is 0.000000356. The van der Waals surface area contributed by atoms with Gasteiger partial charge in [-0.15, -0.1) is 0 Å². The number of pyridine rings is 4. The van der Waals surface area contributed by atoms with Crippen LogP contribution in [0.3, 0.4) is 0 Å². The molecule has 0 bridgehead atoms. The zero-order valence-electron chi connectivity index (χ0n) is 63.9. The maximum atomic E-state index is 15.6. The Morgan fingerprint density at radius 3 is 1.43 bits per heavy atom. The Morgan fingerprint density at radius 1 is 0.675 bits per heavy atom. The molecule has 594 valence electrons. The zero-order chi connectivity index (χ0) is 82.1. The molecule has 2 fully saturated rings. The molecule has 8 heterocycles. The van der Waals surface area contributed by atoms with Crippen LogP contribution in [0.5, 0.6) is 0 Å². The number of amides is 2. The standard InChI is InChI=1S/C36H34F4N6O6.C33H28F4N6O6.C3H7I.C2H3N.CH2O3.2Cs.H/c1-4-13-52-34(49)26(43-32(47)30-20(2)15-22(17-25(30)37)45-12-14-51-19-29(45)36(38,39)40)16-21-7-8-27(31-23(21)6-5-10-42-31)46-33(48)24-9-11-41-18-28(24)44(3)35(46)50;1-17-12-19(42-10-11-49-16-26(42)33(35,36)37)14-22(34)27(17)29(44)40-23(31(46)47)13-18-5-6-24(28-20(18)4-3-8-39-28)43-30(45)21-7-9-38-15-25(21)41(2)32(43)48;1-2-3-4;1-2-3;2-1-4-3;;;/h5-11,15,17-18,26,29H,4,12-14,16,19H2,1-3H3,(H,43,47);3-9,12,14-15,23,26H,10-11,13,16H2,1-2H3,(H,40,44)(H,46,47);2-3H2,1H3;1H3;1,3H;;;/q;;;;;2*+1;-1/p-1/t26-,29+;23-,26+;;;;;;/m00....../s1. The number of ether oxygens (including phenoxy) is 3. The second-order valence-electron chi connectivity index (χ2n) is 25.0. The van der Waals surface area contributed by atoms with Crippen LogP contribution in [-0.4, -0.2) is 161 Å². The first-order valence-corrected chi connectivity index (χ1v) is 35.7. The minimum Gasteiger partial charge on any atom is -1.00 e. The van der Waals surface area contributed by atoms with Gasteiger partial charge in [0.25, 0.3) is 29.4 Å². The van der Waals surface area contributed by atoms with Crippen molar-refractivity contribution in [1.29, 1.82) is 5.26 Å². The third-order valence-corrected chi connectivity index (χ3v) is 18.8. The molecule has 3 N–H and O–H groups in total. The summed E-state index contributed by atoms with van der Waals surface area (Å²) in [5.74, 6) is -6.50. The fraction of sp³-hybridized carbons (Fsp3) is 0.333. The number of halogens is 9. The van der Waals surface area contributed by atoms with E-state index in [2.05, 4.69) is 65.0 Å². The number of carbonyl (C=O) groups excluding carboxylic acids is 4. The molecule has 4 atom stereocenters. The Bertz CT molecular complexity index is 5420. The van der Waals surface area contributed by atoms with E-state index in [9.17, 15) is 69.8 Å². The molecule has 12 rings (SSSR count). The minimum absolute atomic E-state index is 0. The van der Waals surface area contributed by atoms with Gasteiger partial charge in [-0.1, -0.05) is 60.7 Å². The molecule has 0 radical (unpaired) electrons. The molecular weight excluding hydrogens is 1870 g/mol. The predicted octanol–water partition coefficient (Wildman–Crippen LogP) is 2.33. The number of benzene rings is 4. The Morgan fingerprint density at radius 2 is 1.07 bits per heavy atom. The van der Waals surface area contributed by atoms with E-state index >= 15 is 8.78 Å². The summed E-state index contributed by atoms with van der Waals surface area (Å²) in [6.45, 7) is 6.44. The molecule has 39 heteroatoms. The smallest absolute Gasteiger partial charge is 1.00 e. The first kappa shape index (κ1) is 95.3. The number of morpholine rings is 2. The number of esters is 1. The summed E-state index contributed by atoms with van der Waals surface area (Å²) in [7, 11) is 3.01. The number of nitrogens with one attached hydrogen (secondary N) is 2. The van der Waals surface area contributed by atoms with Gasteiger partial charge in [-0.2, -0.15) is 31.6 Å². The van der Waals surface area contributed by atoms with Gasteiger partial charge in [0, 0.05) is 93.9 Å². The van der Waals surface area contributed by atoms with Crippen molar-refractivity contribution in [3.05, 3.63) is 209 Å². The number of aryl methyl sites for hydroxylation is 4. The van der Waals surface area contributed by atoms with Crippen LogP contribution in [0.1, 0.15) is 78.0 Å². The SMILES string of the molecule is CC#N.CCCI.CCCOC(=O)[C@H](Cc1ccc(-n2c(=O)c3ccncc3n(C)c2=O)c2ncccc12)NC(=O)c1c(C)cc(N2CCOC[C@@H]2C(F)(F)F)cc1F.Cc1cc(N2CCOC[C@@H]2C(F)(F)F)cc(F)c1C(=O)N[C@@H](Cc1ccc(-n2c(=O)c3ccncc3n(C)c2=O)c2ncccc12)C(=O)O.O=CO[O-].[Cs+].[Cs+].[H-]. The summed E-state index contributed by atoms with van der Waals surface area (Å²) >= 11 is 2.35. The number of carboxylic acid groups (broad SMARTS) is 1. The number of fused-ring (bicyclic) bond motifs is 4. The Hall–Kier alpha value is -7.53. The summed E-state index contributed by atoms with van der Waals surface area (Å²) in [5, 5.41) is 32.0. The fourth-order valence-corrected chi connectivity index (χ4v) is 12.5. The van der Waals surface area contributed by atoms with Gasteiger partial charge in [-0.05, 0) is 114 Å². The first-order chi connectivity index (χ1) is 53.3. The van der Waals surface area contributed by atoms with Gasteiger partial charge in [0.1, 0.15) is 35.8 Å². The molecule has 10 aromatic rings. The molecule has 2 aliphatic heterocycles. The first-order valence-electron chi connectivity index (χ1n) is 34.2. The molecule has 6 aromatic heterocycles. The molecule has 2 saturated heterocycles. The fourth-order valence-electron chi connectivity index (χ4n) is 12.5. The van der Waals surface area contributed by atoms with Crippen molar-refractivity contribution in [2.45, 2.75) is 96.8 Å². The monoisotopic (exact) mass is 1940 g/mol. The van der Waals surface area contributed by atoms with E-state index < -0.39 is 119 Å². The number of rotatable bonds is 18. The summed E-state index contributed by atoms with van der Waals surface area (Å²) in [6, 6.07) is 14.6. The Kier molecular flexibility index (Phi) is 36.5. The molecule has 2 amide bonds. The van der Waals surface area contributed by atoms with Gasteiger partial charge in [0.2, 0.25) is 0 Å². The van der Waals surface area contributed by atoms with Gasteiger partial charge in [0.05, 0.1) is 107 Å². The zero-order valence-corrected chi connectivity index (χ0v) is 77.6. The normalized spacial score (nSPS) is 14.4. The third kappa shape index (κ3) is 22.6. The van der Waals surface area contributed by atoms with E-state index in [0.717, 1.165) is 31.1 Å². The number of carbonyl (C=O) groups is 5. The second kappa shape index (κ2) is 43.6. The average Bonchev–Trinajstić information content (AvgIpc) is 0.752. The van der Waals surface area contributed by atoms with Crippen LogP contribution < -0.4 is 186 Å². The van der Waals surface area contributed by atoms with Gasteiger partial charge in [-0.3, -0.25) is 53.0 Å². The number of hydrogen-bond donors (Lipinski definition) is 3. The number of nitrogens with zero attached hydrogens (tertiary/aromatic N) is 11. The summed E-state index contributed by atoms with van der Waals surface area (Å²) in [4.78, 5) is 136. The van der Waals surface area contributed by atoms with Crippen LogP contribution in [0.4, 0.5) is 46.5 Å². The van der Waals surface area contributed by atoms with Gasteiger partial charge in [-0.25, -0.2) is 37.1 Å². The average molecular weight is 1940 g/mol. The summed E-state index contributed by atoms with van der Waals surface area (Å²) in [5.41, 5.74) is -1.21. The largest absolute Gasteiger partial charge is 1.00 e. The number of carboxylic acids is 1. The predicted molar refractivity (Wildman–Crippen MR) is 402 cm³/mol. The van der Waals surface area contributed by atoms with E-state index in [-0.39, 0.29) is 247 Å². The van der Waals surface area contributed by atoms with Gasteiger partial charge in [0.15, 0.2) is 0 Å². The number of aromatic nitrogens is 8. The molecule has 0 spiro atoms. The number of anilines is 2. The quantitative estimate of drug-likeness (QED) is 0.0211. The maximum Gasteiger partial charge on any atom is 1.00 e. The number of alkyl halides is 7. The second-order valence-corrected chi connectivity index (χ2v) is 26.1. The van der Waals surface area contributed by atoms with E-state index in [1.165, 1.54) is 134 Å². The van der Waals surface area contributed by atoms with Crippen molar-refractivity contribution in [2.24, 2.45) is 14.1 Å². The maximum absolute atomic E-state index is 15.6. The van der Waals surface area contributed by atoms with Crippen molar-refractivity contribution in [1.82, 2.24) is 48.8 Å². The van der Waals surface area contributed by atoms with Crippen LogP contribution in [0, 0.1) is 36.8 Å². The van der Waals surface area contributed by atoms with E-state index in [0.29, 0.717) is 39.4 Å². The molecule has 0 saturated carbocycles. The molecule has 0 unspecified atom stereocenters. The third-order valence-electron chi connectivity index (χ3n) is 17.7. The molecule has 0 aliphatic carbocycles. The van der Waals surface area contributed by atoms with Crippen molar-refractivity contribution in [2.75, 3.05) is 60.4 Å². The molecule has 114 heavy (non-hydrogen) atoms. The van der Waals surface area contributed by atoms with Crippen LogP contribution in [-0.2, 0) is 60.4 Å². The van der Waals surface area contributed by atoms with Crippen molar-refractivity contribution < 1.29 is 228 Å². The van der Waals surface area contributed by atoms with Crippen LogP contribution in [0.25, 0.3) is 55.0 Å². The molecule has 2 aliphatic rings. The van der Waals surface area contributed by atoms with E-state index in [4.69, 9.17) is 29.5 Å². The summed E-state index contributed by atoms with van der Waals surface area (Å²) < 4.78 is 134. The van der Waals surface area contributed by atoms with Crippen LogP contribution in [0.2, 0.25) is 0 Å². The molecule has 28 nitrogen and oxygen atoms in total. The van der Waals surface area contributed by atoms with E-state index in [1.807, 2.05) is 0 Å². The molecular formula is C75H74Cs2F8IN13O15. The minimum atomic E-state index is -4.65. The van der Waals surface area contributed by atoms with E-state index in [1.54, 1.807) is 43.3 Å². The van der Waals surface area contributed by atoms with Crippen molar-refractivity contribution >= 4 is 108 Å². The number of aliphatic carboxylic acids is 1. The van der Waals surface area contributed by atoms with Crippen molar-refractivity contribution in [3.63, 3.8) is 0 Å². The number of nitriles is 1. The van der Waals surface area contributed by atoms with Gasteiger partial charge >= 0.3 is 173 Å². The molecule has 4 aromatic carbocycles. The Labute approximate surface area is 776 Å². The van der Waals surface area contributed by atoms with Crippen LogP contribution in [0.15, 0.2) is 141 Å². The topological polar surface area (TPSA) is 359 Å². The van der Waals surface area contributed by atoms with Gasteiger partial charge < -0.3 is 51.3 Å². The van der Waals surface area contributed by atoms with Crippen molar-refractivity contribution in [3.8, 4) is 17.4 Å². The number of hydrogen-bond acceptors (Lipinski definition) is 21. The van der Waals surface area contributed by atoms with Crippen LogP contribution >= 0.6 is 22.6 Å². The summed E-state index contributed by atoms with van der Waals surface area (Å²) in [6.07, 6.45) is 0.646.